The van der Waals surface area contributed by atoms with Crippen LogP contribution in [0.25, 0.3) is 0 Å². The van der Waals surface area contributed by atoms with Gasteiger partial charge >= 0.3 is 5.97 Å². The van der Waals surface area contributed by atoms with Crippen LogP contribution in [0.5, 0.6) is 0 Å². The Labute approximate surface area is 122 Å². The van der Waals surface area contributed by atoms with E-state index in [-0.39, 0.29) is 11.1 Å². The quantitative estimate of drug-likeness (QED) is 0.925. The summed E-state index contributed by atoms with van der Waals surface area (Å²) in [6, 6.07) is 1.37. The number of aryl methyl sites for hydroxylation is 3. The summed E-state index contributed by atoms with van der Waals surface area (Å²) >= 11 is 0. The molecule has 2 rings (SSSR count). The molecule has 112 valence electrons. The number of rotatable bonds is 4. The van der Waals surface area contributed by atoms with Crippen LogP contribution >= 0.6 is 0 Å². The van der Waals surface area contributed by atoms with Crippen LogP contribution in [-0.4, -0.2) is 25.4 Å². The Morgan fingerprint density at radius 1 is 1.38 bits per heavy atom. The van der Waals surface area contributed by atoms with Gasteiger partial charge in [0.1, 0.15) is 0 Å². The first-order valence-corrected chi connectivity index (χ1v) is 6.80. The molecule has 0 aliphatic carbocycles. The fraction of sp³-hybridized carbons (Fsp3) is 0.400. The molecule has 6 nitrogen and oxygen atoms in total. The molecule has 0 saturated carbocycles. The molecule has 0 aromatic carbocycles. The van der Waals surface area contributed by atoms with Gasteiger partial charge in [-0.05, 0) is 25.8 Å². The fourth-order valence-corrected chi connectivity index (χ4v) is 2.62. The molecule has 2 aromatic rings. The highest BCUT2D eigenvalue weighted by molar-refractivity contribution is 5.90. The fourth-order valence-electron chi connectivity index (χ4n) is 2.62. The normalized spacial score (nSPS) is 10.9. The van der Waals surface area contributed by atoms with Crippen LogP contribution in [0.3, 0.4) is 0 Å². The first-order chi connectivity index (χ1) is 9.85. The van der Waals surface area contributed by atoms with Gasteiger partial charge in [-0.1, -0.05) is 6.92 Å². The van der Waals surface area contributed by atoms with Gasteiger partial charge in [0.15, 0.2) is 0 Å². The van der Waals surface area contributed by atoms with Crippen molar-refractivity contribution in [3.8, 4) is 0 Å². The Balaban J connectivity index is 2.57. The van der Waals surface area contributed by atoms with Crippen molar-refractivity contribution in [2.45, 2.75) is 33.7 Å². The molecule has 0 unspecified atom stereocenters. The molecule has 0 aliphatic rings. The molecule has 2 heterocycles. The van der Waals surface area contributed by atoms with Crippen molar-refractivity contribution in [1.29, 1.82) is 0 Å². The van der Waals surface area contributed by atoms with Crippen LogP contribution in [0.4, 0.5) is 0 Å². The van der Waals surface area contributed by atoms with Crippen LogP contribution in [-0.2, 0) is 20.0 Å². The first kappa shape index (κ1) is 15.0. The molecule has 0 fully saturated rings. The molecular weight excluding hydrogens is 270 g/mol. The standard InChI is InChI=1S/C15H19N3O3/c1-5-12-11(7-17(4)16-12)8-18-10(3)14(15(20)21)9(2)6-13(18)19/h6-7H,5,8H2,1-4H3,(H,20,21). The van der Waals surface area contributed by atoms with E-state index in [1.54, 1.807) is 18.5 Å². The lowest BCUT2D eigenvalue weighted by molar-refractivity contribution is 0.0694. The number of carboxylic acid groups (broad SMARTS) is 1. The van der Waals surface area contributed by atoms with Gasteiger partial charge in [-0.15, -0.1) is 0 Å². The van der Waals surface area contributed by atoms with Crippen LogP contribution in [0.1, 0.15) is 39.8 Å². The third kappa shape index (κ3) is 2.74. The average Bonchev–Trinajstić information content (AvgIpc) is 2.73. The summed E-state index contributed by atoms with van der Waals surface area (Å²) < 4.78 is 3.20. The number of hydrogen-bond acceptors (Lipinski definition) is 3. The molecule has 0 aliphatic heterocycles. The van der Waals surface area contributed by atoms with Crippen LogP contribution in [0.15, 0.2) is 17.1 Å². The van der Waals surface area contributed by atoms with Gasteiger partial charge in [-0.3, -0.25) is 9.48 Å². The molecule has 0 spiro atoms. The minimum absolute atomic E-state index is 0.191. The topological polar surface area (TPSA) is 77.1 Å². The predicted molar refractivity (Wildman–Crippen MR) is 78.8 cm³/mol. The van der Waals surface area contributed by atoms with Gasteiger partial charge in [0.2, 0.25) is 0 Å². The Morgan fingerprint density at radius 2 is 2.05 bits per heavy atom. The molecule has 0 radical (unpaired) electrons. The lowest BCUT2D eigenvalue weighted by atomic mass is 10.1. The zero-order valence-corrected chi connectivity index (χ0v) is 12.7. The molecule has 0 atom stereocenters. The third-order valence-electron chi connectivity index (χ3n) is 3.64. The number of carboxylic acids is 1. The number of pyridine rings is 1. The smallest absolute Gasteiger partial charge is 0.337 e. The van der Waals surface area contributed by atoms with Gasteiger partial charge in [0, 0.05) is 30.6 Å². The van der Waals surface area contributed by atoms with Gasteiger partial charge in [-0.25, -0.2) is 4.79 Å². The molecule has 1 N–H and O–H groups in total. The Morgan fingerprint density at radius 3 is 2.62 bits per heavy atom. The van der Waals surface area contributed by atoms with E-state index in [0.717, 1.165) is 17.7 Å². The Hall–Kier alpha value is -2.37. The average molecular weight is 289 g/mol. The largest absolute Gasteiger partial charge is 0.478 e. The number of aromatic nitrogens is 3. The van der Waals surface area contributed by atoms with Crippen molar-refractivity contribution in [3.05, 3.63) is 50.7 Å². The molecule has 0 bridgehead atoms. The summed E-state index contributed by atoms with van der Waals surface area (Å²) in [4.78, 5) is 23.5. The van der Waals surface area contributed by atoms with Crippen molar-refractivity contribution < 1.29 is 9.90 Å². The van der Waals surface area contributed by atoms with Crippen molar-refractivity contribution in [2.24, 2.45) is 7.05 Å². The van der Waals surface area contributed by atoms with Crippen LogP contribution < -0.4 is 5.56 Å². The second-order valence-electron chi connectivity index (χ2n) is 5.15. The van der Waals surface area contributed by atoms with Crippen LogP contribution in [0.2, 0.25) is 0 Å². The van der Waals surface area contributed by atoms with E-state index in [0.29, 0.717) is 17.8 Å². The van der Waals surface area contributed by atoms with E-state index >= 15 is 0 Å². The van der Waals surface area contributed by atoms with E-state index in [9.17, 15) is 14.7 Å². The highest BCUT2D eigenvalue weighted by atomic mass is 16.4. The molecule has 21 heavy (non-hydrogen) atoms. The number of hydrogen-bond donors (Lipinski definition) is 1. The molecule has 0 amide bonds. The highest BCUT2D eigenvalue weighted by Crippen LogP contribution is 2.14. The summed E-state index contributed by atoms with van der Waals surface area (Å²) in [5.41, 5.74) is 2.81. The minimum Gasteiger partial charge on any atom is -0.478 e. The molecule has 2 aromatic heterocycles. The lowest BCUT2D eigenvalue weighted by Gasteiger charge is -2.13. The van der Waals surface area contributed by atoms with Gasteiger partial charge in [0.05, 0.1) is 17.8 Å². The monoisotopic (exact) mass is 289 g/mol. The zero-order chi connectivity index (χ0) is 15.7. The maximum Gasteiger partial charge on any atom is 0.337 e. The third-order valence-corrected chi connectivity index (χ3v) is 3.64. The van der Waals surface area contributed by atoms with Crippen molar-refractivity contribution in [1.82, 2.24) is 14.3 Å². The summed E-state index contributed by atoms with van der Waals surface area (Å²) in [5, 5.41) is 13.6. The maximum atomic E-state index is 12.2. The first-order valence-electron chi connectivity index (χ1n) is 6.80. The summed E-state index contributed by atoms with van der Waals surface area (Å²) in [7, 11) is 1.83. The Bertz CT molecular complexity index is 756. The van der Waals surface area contributed by atoms with Crippen LogP contribution in [0, 0.1) is 13.8 Å². The molecule has 0 saturated heterocycles. The SMILES string of the molecule is CCc1nn(C)cc1Cn1c(C)c(C(=O)O)c(C)cc1=O. The number of nitrogens with zero attached hydrogens (tertiary/aromatic N) is 3. The predicted octanol–water partition coefficient (Wildman–Crippen LogP) is 1.51. The van der Waals surface area contributed by atoms with Gasteiger partial charge in [-0.2, -0.15) is 5.10 Å². The highest BCUT2D eigenvalue weighted by Gasteiger charge is 2.17. The summed E-state index contributed by atoms with van der Waals surface area (Å²) in [6.07, 6.45) is 2.63. The molecular formula is C15H19N3O3. The van der Waals surface area contributed by atoms with Crippen molar-refractivity contribution in [3.63, 3.8) is 0 Å². The summed E-state index contributed by atoms with van der Waals surface area (Å²) in [6.45, 7) is 5.64. The maximum absolute atomic E-state index is 12.2. The molecule has 6 heteroatoms. The van der Waals surface area contributed by atoms with E-state index < -0.39 is 5.97 Å². The van der Waals surface area contributed by atoms with Crippen molar-refractivity contribution >= 4 is 5.97 Å². The Kier molecular flexibility index (Phi) is 3.97. The second kappa shape index (κ2) is 5.55. The van der Waals surface area contributed by atoms with Crippen molar-refractivity contribution in [2.75, 3.05) is 0 Å². The number of carbonyl (C=O) groups is 1. The lowest BCUT2D eigenvalue weighted by Crippen LogP contribution is -2.26. The number of aromatic carboxylic acids is 1. The summed E-state index contributed by atoms with van der Waals surface area (Å²) in [5.74, 6) is -1.01. The van der Waals surface area contributed by atoms with Gasteiger partial charge < -0.3 is 9.67 Å². The second-order valence-corrected chi connectivity index (χ2v) is 5.15. The van der Waals surface area contributed by atoms with E-state index in [1.807, 2.05) is 20.2 Å². The van der Waals surface area contributed by atoms with Gasteiger partial charge in [0.25, 0.3) is 5.56 Å². The minimum atomic E-state index is -1.01. The van der Waals surface area contributed by atoms with E-state index in [2.05, 4.69) is 5.10 Å². The zero-order valence-electron chi connectivity index (χ0n) is 12.7. The van der Waals surface area contributed by atoms with E-state index in [4.69, 9.17) is 0 Å². The van der Waals surface area contributed by atoms with E-state index in [1.165, 1.54) is 10.6 Å².